The topological polar surface area (TPSA) is 54.9 Å². The first-order chi connectivity index (χ1) is 12.8. The van der Waals surface area contributed by atoms with Crippen molar-refractivity contribution >= 4 is 22.4 Å². The van der Waals surface area contributed by atoms with Crippen LogP contribution >= 0.6 is 11.3 Å². The van der Waals surface area contributed by atoms with Crippen LogP contribution in [0.25, 0.3) is 0 Å². The molecule has 0 unspecified atom stereocenters. The quantitative estimate of drug-likeness (QED) is 0.807. The van der Waals surface area contributed by atoms with Crippen molar-refractivity contribution in [3.05, 3.63) is 41.4 Å². The van der Waals surface area contributed by atoms with Crippen molar-refractivity contribution in [2.45, 2.75) is 18.9 Å². The summed E-state index contributed by atoms with van der Waals surface area (Å²) in [4.78, 5) is 21.3. The second-order valence-corrected chi connectivity index (χ2v) is 7.44. The molecule has 0 N–H and O–H groups in total. The van der Waals surface area contributed by atoms with Gasteiger partial charge in [-0.05, 0) is 31.0 Å². The maximum atomic E-state index is 12.8. The van der Waals surface area contributed by atoms with Gasteiger partial charge in [0.05, 0.1) is 6.10 Å². The van der Waals surface area contributed by atoms with Gasteiger partial charge in [0, 0.05) is 49.9 Å². The zero-order valence-electron chi connectivity index (χ0n) is 14.7. The van der Waals surface area contributed by atoms with E-state index in [-0.39, 0.29) is 12.0 Å². The average molecular weight is 373 g/mol. The molecular formula is C19H23N3O3S. The Bertz CT molecular complexity index is 723. The van der Waals surface area contributed by atoms with E-state index in [4.69, 9.17) is 9.47 Å². The van der Waals surface area contributed by atoms with Gasteiger partial charge in [0.1, 0.15) is 12.4 Å². The predicted molar refractivity (Wildman–Crippen MR) is 101 cm³/mol. The lowest BCUT2D eigenvalue weighted by Crippen LogP contribution is -2.48. The third kappa shape index (κ3) is 3.99. The zero-order chi connectivity index (χ0) is 17.8. The molecule has 2 aliphatic rings. The largest absolute Gasteiger partial charge is 0.491 e. The van der Waals surface area contributed by atoms with Gasteiger partial charge in [-0.15, -0.1) is 11.3 Å². The van der Waals surface area contributed by atoms with Crippen molar-refractivity contribution in [2.75, 3.05) is 44.3 Å². The van der Waals surface area contributed by atoms with Crippen LogP contribution in [0.15, 0.2) is 35.8 Å². The summed E-state index contributed by atoms with van der Waals surface area (Å²) in [5.41, 5.74) is 0.678. The van der Waals surface area contributed by atoms with Crippen molar-refractivity contribution in [2.24, 2.45) is 0 Å². The van der Waals surface area contributed by atoms with Gasteiger partial charge < -0.3 is 19.3 Å². The number of rotatable bonds is 5. The van der Waals surface area contributed by atoms with Gasteiger partial charge in [-0.1, -0.05) is 6.07 Å². The SMILES string of the molecule is O=C(c1cccc(OC[C@H]2CCCO2)c1)N1CCN(c2nccs2)CC1. The summed E-state index contributed by atoms with van der Waals surface area (Å²) in [5.74, 6) is 0.791. The Morgan fingerprint density at radius 3 is 2.92 bits per heavy atom. The molecule has 7 heteroatoms. The molecule has 6 nitrogen and oxygen atoms in total. The normalized spacial score (nSPS) is 20.4. The van der Waals surface area contributed by atoms with E-state index in [1.807, 2.05) is 40.7 Å². The van der Waals surface area contributed by atoms with Crippen molar-refractivity contribution in [1.82, 2.24) is 9.88 Å². The lowest BCUT2D eigenvalue weighted by atomic mass is 10.1. The molecule has 0 spiro atoms. The van der Waals surface area contributed by atoms with E-state index >= 15 is 0 Å². The molecule has 1 aromatic heterocycles. The smallest absolute Gasteiger partial charge is 0.254 e. The number of aromatic nitrogens is 1. The minimum atomic E-state index is 0.0614. The van der Waals surface area contributed by atoms with Crippen LogP contribution in [-0.4, -0.2) is 61.3 Å². The van der Waals surface area contributed by atoms with Crippen LogP contribution in [0.3, 0.4) is 0 Å². The zero-order valence-corrected chi connectivity index (χ0v) is 15.5. The summed E-state index contributed by atoms with van der Waals surface area (Å²) in [6.45, 7) is 4.41. The van der Waals surface area contributed by atoms with Gasteiger partial charge >= 0.3 is 0 Å². The fourth-order valence-electron chi connectivity index (χ4n) is 3.34. The Hall–Kier alpha value is -2.12. The minimum Gasteiger partial charge on any atom is -0.491 e. The molecule has 26 heavy (non-hydrogen) atoms. The van der Waals surface area contributed by atoms with Gasteiger partial charge in [-0.2, -0.15) is 0 Å². The second-order valence-electron chi connectivity index (χ2n) is 6.57. The fourth-order valence-corrected chi connectivity index (χ4v) is 4.04. The molecular weight excluding hydrogens is 350 g/mol. The van der Waals surface area contributed by atoms with E-state index in [1.54, 1.807) is 11.3 Å². The number of nitrogens with zero attached hydrogens (tertiary/aromatic N) is 3. The van der Waals surface area contributed by atoms with Crippen molar-refractivity contribution < 1.29 is 14.3 Å². The number of hydrogen-bond donors (Lipinski definition) is 0. The van der Waals surface area contributed by atoms with Crippen molar-refractivity contribution in [3.8, 4) is 5.75 Å². The molecule has 0 radical (unpaired) electrons. The van der Waals surface area contributed by atoms with Crippen LogP contribution in [-0.2, 0) is 4.74 Å². The molecule has 2 aromatic rings. The van der Waals surface area contributed by atoms with E-state index in [2.05, 4.69) is 9.88 Å². The highest BCUT2D eigenvalue weighted by Gasteiger charge is 2.23. The summed E-state index contributed by atoms with van der Waals surface area (Å²) < 4.78 is 11.4. The summed E-state index contributed by atoms with van der Waals surface area (Å²) in [5, 5.41) is 3.01. The van der Waals surface area contributed by atoms with Crippen LogP contribution in [0.4, 0.5) is 5.13 Å². The van der Waals surface area contributed by atoms with Gasteiger partial charge in [-0.25, -0.2) is 4.98 Å². The number of carbonyl (C=O) groups is 1. The van der Waals surface area contributed by atoms with E-state index < -0.39 is 0 Å². The van der Waals surface area contributed by atoms with Gasteiger partial charge in [0.2, 0.25) is 0 Å². The molecule has 1 aromatic carbocycles. The Labute approximate surface area is 157 Å². The van der Waals surface area contributed by atoms with Gasteiger partial charge in [0.25, 0.3) is 5.91 Å². The maximum Gasteiger partial charge on any atom is 0.254 e. The number of benzene rings is 1. The lowest BCUT2D eigenvalue weighted by Gasteiger charge is -2.34. The van der Waals surface area contributed by atoms with Crippen molar-refractivity contribution in [1.29, 1.82) is 0 Å². The number of carbonyl (C=O) groups excluding carboxylic acids is 1. The van der Waals surface area contributed by atoms with E-state index in [1.165, 1.54) is 0 Å². The van der Waals surface area contributed by atoms with E-state index in [0.717, 1.165) is 43.4 Å². The highest BCUT2D eigenvalue weighted by Crippen LogP contribution is 2.21. The molecule has 4 rings (SSSR count). The van der Waals surface area contributed by atoms with Crippen LogP contribution in [0.5, 0.6) is 5.75 Å². The van der Waals surface area contributed by atoms with Crippen molar-refractivity contribution in [3.63, 3.8) is 0 Å². The number of ether oxygens (including phenoxy) is 2. The molecule has 2 saturated heterocycles. The summed E-state index contributed by atoms with van der Waals surface area (Å²) in [7, 11) is 0. The van der Waals surface area contributed by atoms with Crippen LogP contribution < -0.4 is 9.64 Å². The summed E-state index contributed by atoms with van der Waals surface area (Å²) >= 11 is 1.64. The molecule has 2 aliphatic heterocycles. The van der Waals surface area contributed by atoms with Gasteiger partial charge in [0.15, 0.2) is 5.13 Å². The number of hydrogen-bond acceptors (Lipinski definition) is 6. The Morgan fingerprint density at radius 1 is 1.31 bits per heavy atom. The molecule has 1 amide bonds. The average Bonchev–Trinajstić information content (AvgIpc) is 3.40. The lowest BCUT2D eigenvalue weighted by molar-refractivity contribution is 0.0677. The monoisotopic (exact) mass is 373 g/mol. The van der Waals surface area contributed by atoms with Gasteiger partial charge in [-0.3, -0.25) is 4.79 Å². The minimum absolute atomic E-state index is 0.0614. The molecule has 1 atom stereocenters. The first kappa shape index (κ1) is 17.3. The van der Waals surface area contributed by atoms with E-state index in [0.29, 0.717) is 25.3 Å². The number of anilines is 1. The summed E-state index contributed by atoms with van der Waals surface area (Å²) in [6.07, 6.45) is 4.13. The van der Waals surface area contributed by atoms with Crippen LogP contribution in [0.2, 0.25) is 0 Å². The fraction of sp³-hybridized carbons (Fsp3) is 0.474. The molecule has 138 valence electrons. The standard InChI is InChI=1S/C19H23N3O3S/c23-18(21-7-9-22(10-8-21)19-20-6-12-26-19)15-3-1-4-16(13-15)25-14-17-5-2-11-24-17/h1,3-4,6,12-13,17H,2,5,7-11,14H2/t17-/m1/s1. The highest BCUT2D eigenvalue weighted by molar-refractivity contribution is 7.13. The number of amides is 1. The first-order valence-electron chi connectivity index (χ1n) is 9.08. The molecule has 3 heterocycles. The number of thiazole rings is 1. The highest BCUT2D eigenvalue weighted by atomic mass is 32.1. The van der Waals surface area contributed by atoms with E-state index in [9.17, 15) is 4.79 Å². The molecule has 0 aliphatic carbocycles. The Kier molecular flexibility index (Phi) is 5.36. The second kappa shape index (κ2) is 8.05. The Balaban J connectivity index is 1.33. The summed E-state index contributed by atoms with van der Waals surface area (Å²) in [6, 6.07) is 7.47. The molecule has 2 fully saturated rings. The predicted octanol–water partition coefficient (Wildman–Crippen LogP) is 2.66. The first-order valence-corrected chi connectivity index (χ1v) is 9.96. The third-order valence-corrected chi connectivity index (χ3v) is 5.63. The maximum absolute atomic E-state index is 12.8. The molecule has 0 bridgehead atoms. The third-order valence-electron chi connectivity index (χ3n) is 4.80. The van der Waals surface area contributed by atoms with Crippen LogP contribution in [0, 0.1) is 0 Å². The molecule has 0 saturated carbocycles. The Morgan fingerprint density at radius 2 is 2.19 bits per heavy atom. The van der Waals surface area contributed by atoms with Crippen LogP contribution in [0.1, 0.15) is 23.2 Å². The number of piperazine rings is 1.